The minimum atomic E-state index is 0.169. The van der Waals surface area contributed by atoms with E-state index in [4.69, 9.17) is 9.84 Å². The molecule has 1 atom stereocenters. The molecule has 0 bridgehead atoms. The van der Waals surface area contributed by atoms with E-state index in [1.54, 1.807) is 0 Å². The molecular weight excluding hydrogens is 248 g/mol. The molecule has 1 N–H and O–H groups in total. The zero-order valence-corrected chi connectivity index (χ0v) is 13.5. The van der Waals surface area contributed by atoms with E-state index in [1.807, 2.05) is 19.1 Å². The molecule has 0 spiro atoms. The van der Waals surface area contributed by atoms with Crippen molar-refractivity contribution in [3.8, 4) is 5.75 Å². The van der Waals surface area contributed by atoms with Gasteiger partial charge in [-0.3, -0.25) is 0 Å². The minimum Gasteiger partial charge on any atom is -0.493 e. The van der Waals surface area contributed by atoms with Gasteiger partial charge >= 0.3 is 0 Å². The Hall–Kier alpha value is -1.02. The van der Waals surface area contributed by atoms with Gasteiger partial charge in [0.1, 0.15) is 5.75 Å². The Labute approximate surface area is 124 Å². The van der Waals surface area contributed by atoms with E-state index >= 15 is 0 Å². The lowest BCUT2D eigenvalue weighted by Crippen LogP contribution is -2.17. The molecule has 0 fully saturated rings. The highest BCUT2D eigenvalue weighted by atomic mass is 16.5. The first-order valence-electron chi connectivity index (χ1n) is 7.83. The molecule has 0 amide bonds. The standard InChI is InChI=1S/C18H30O2/c1-5-6-7-12-18(3,4)16-8-10-17(11-9-16)20-14-15(2)13-19/h8-11,15,19H,5-7,12-14H2,1-4H3. The molecule has 20 heavy (non-hydrogen) atoms. The van der Waals surface area contributed by atoms with Crippen LogP contribution in [0.4, 0.5) is 0 Å². The molecule has 0 aliphatic heterocycles. The van der Waals surface area contributed by atoms with Crippen LogP contribution in [0.5, 0.6) is 5.75 Å². The number of hydrogen-bond acceptors (Lipinski definition) is 2. The third-order valence-electron chi connectivity index (χ3n) is 3.89. The Morgan fingerprint density at radius 1 is 1.15 bits per heavy atom. The third-order valence-corrected chi connectivity index (χ3v) is 3.89. The summed E-state index contributed by atoms with van der Waals surface area (Å²) < 4.78 is 5.66. The second kappa shape index (κ2) is 8.31. The van der Waals surface area contributed by atoms with Gasteiger partial charge in [0, 0.05) is 12.5 Å². The maximum absolute atomic E-state index is 8.99. The highest BCUT2D eigenvalue weighted by Gasteiger charge is 2.19. The molecule has 0 saturated carbocycles. The Balaban J connectivity index is 2.56. The van der Waals surface area contributed by atoms with Gasteiger partial charge in [0.2, 0.25) is 0 Å². The van der Waals surface area contributed by atoms with Gasteiger partial charge in [-0.2, -0.15) is 0 Å². The summed E-state index contributed by atoms with van der Waals surface area (Å²) in [6.45, 7) is 9.58. The molecular formula is C18H30O2. The van der Waals surface area contributed by atoms with Crippen LogP contribution >= 0.6 is 0 Å². The normalized spacial score (nSPS) is 13.2. The number of ether oxygens (including phenoxy) is 1. The van der Waals surface area contributed by atoms with Crippen LogP contribution in [-0.4, -0.2) is 18.3 Å². The fraction of sp³-hybridized carbons (Fsp3) is 0.667. The second-order valence-corrected chi connectivity index (χ2v) is 6.46. The van der Waals surface area contributed by atoms with Crippen molar-refractivity contribution < 1.29 is 9.84 Å². The first-order valence-corrected chi connectivity index (χ1v) is 7.83. The summed E-state index contributed by atoms with van der Waals surface area (Å²) in [7, 11) is 0. The maximum atomic E-state index is 8.99. The van der Waals surface area contributed by atoms with Crippen LogP contribution in [0, 0.1) is 5.92 Å². The van der Waals surface area contributed by atoms with Gasteiger partial charge in [-0.25, -0.2) is 0 Å². The Kier molecular flexibility index (Phi) is 7.08. The van der Waals surface area contributed by atoms with Crippen LogP contribution in [0.2, 0.25) is 0 Å². The number of hydrogen-bond donors (Lipinski definition) is 1. The highest BCUT2D eigenvalue weighted by Crippen LogP contribution is 2.30. The minimum absolute atomic E-state index is 0.169. The van der Waals surface area contributed by atoms with Crippen LogP contribution in [0.25, 0.3) is 0 Å². The van der Waals surface area contributed by atoms with Gasteiger partial charge in [-0.15, -0.1) is 0 Å². The van der Waals surface area contributed by atoms with E-state index in [1.165, 1.54) is 31.2 Å². The first-order chi connectivity index (χ1) is 9.49. The van der Waals surface area contributed by atoms with E-state index in [0.29, 0.717) is 6.61 Å². The largest absolute Gasteiger partial charge is 0.493 e. The summed E-state index contributed by atoms with van der Waals surface area (Å²) in [6.07, 6.45) is 5.09. The van der Waals surface area contributed by atoms with Crippen LogP contribution in [0.15, 0.2) is 24.3 Å². The van der Waals surface area contributed by atoms with Crippen molar-refractivity contribution in [3.63, 3.8) is 0 Å². The molecule has 0 heterocycles. The Morgan fingerprint density at radius 3 is 2.35 bits per heavy atom. The zero-order valence-electron chi connectivity index (χ0n) is 13.5. The molecule has 1 aromatic rings. The Bertz CT molecular complexity index is 368. The predicted octanol–water partition coefficient (Wildman–Crippen LogP) is 4.55. The molecule has 1 rings (SSSR count). The van der Waals surface area contributed by atoms with Gasteiger partial charge < -0.3 is 9.84 Å². The summed E-state index contributed by atoms with van der Waals surface area (Å²) in [5.74, 6) is 1.07. The summed E-state index contributed by atoms with van der Waals surface area (Å²) in [6, 6.07) is 8.43. The number of aliphatic hydroxyl groups is 1. The second-order valence-electron chi connectivity index (χ2n) is 6.46. The van der Waals surface area contributed by atoms with E-state index in [0.717, 1.165) is 5.75 Å². The van der Waals surface area contributed by atoms with Crippen LogP contribution in [0.1, 0.15) is 58.9 Å². The lowest BCUT2D eigenvalue weighted by Gasteiger charge is -2.25. The fourth-order valence-electron chi connectivity index (χ4n) is 2.25. The highest BCUT2D eigenvalue weighted by molar-refractivity contribution is 5.31. The third kappa shape index (κ3) is 5.54. The van der Waals surface area contributed by atoms with E-state index in [2.05, 4.69) is 32.9 Å². The van der Waals surface area contributed by atoms with Crippen molar-refractivity contribution in [1.29, 1.82) is 0 Å². The van der Waals surface area contributed by atoms with Crippen molar-refractivity contribution in [2.45, 2.75) is 58.8 Å². The summed E-state index contributed by atoms with van der Waals surface area (Å²) in [5, 5.41) is 8.99. The smallest absolute Gasteiger partial charge is 0.119 e. The molecule has 114 valence electrons. The first kappa shape index (κ1) is 17.0. The SMILES string of the molecule is CCCCCC(C)(C)c1ccc(OCC(C)CO)cc1. The number of aliphatic hydroxyl groups excluding tert-OH is 1. The molecule has 1 aromatic carbocycles. The van der Waals surface area contributed by atoms with Gasteiger partial charge in [0.15, 0.2) is 0 Å². The fourth-order valence-corrected chi connectivity index (χ4v) is 2.25. The number of unbranched alkanes of at least 4 members (excludes halogenated alkanes) is 2. The van der Waals surface area contributed by atoms with Crippen LogP contribution in [-0.2, 0) is 5.41 Å². The summed E-state index contributed by atoms with van der Waals surface area (Å²) in [5.41, 5.74) is 1.60. The van der Waals surface area contributed by atoms with Gasteiger partial charge in [-0.1, -0.05) is 59.1 Å². The van der Waals surface area contributed by atoms with Gasteiger partial charge in [0.25, 0.3) is 0 Å². The van der Waals surface area contributed by atoms with Crippen molar-refractivity contribution in [1.82, 2.24) is 0 Å². The molecule has 2 nitrogen and oxygen atoms in total. The number of rotatable bonds is 9. The summed E-state index contributed by atoms with van der Waals surface area (Å²) in [4.78, 5) is 0. The average molecular weight is 278 g/mol. The Morgan fingerprint density at radius 2 is 1.80 bits per heavy atom. The maximum Gasteiger partial charge on any atom is 0.119 e. The molecule has 0 radical (unpaired) electrons. The lowest BCUT2D eigenvalue weighted by atomic mass is 9.80. The van der Waals surface area contributed by atoms with Crippen LogP contribution in [0.3, 0.4) is 0 Å². The monoisotopic (exact) mass is 278 g/mol. The van der Waals surface area contributed by atoms with Crippen molar-refractivity contribution in [3.05, 3.63) is 29.8 Å². The molecule has 1 unspecified atom stereocenters. The van der Waals surface area contributed by atoms with Crippen LogP contribution < -0.4 is 4.74 Å². The van der Waals surface area contributed by atoms with Crippen molar-refractivity contribution >= 4 is 0 Å². The summed E-state index contributed by atoms with van der Waals surface area (Å²) >= 11 is 0. The topological polar surface area (TPSA) is 29.5 Å². The average Bonchev–Trinajstić information content (AvgIpc) is 2.45. The predicted molar refractivity (Wildman–Crippen MR) is 85.4 cm³/mol. The molecule has 0 aliphatic rings. The van der Waals surface area contributed by atoms with E-state index in [9.17, 15) is 0 Å². The molecule has 0 aliphatic carbocycles. The zero-order chi connectivity index (χ0) is 15.0. The molecule has 0 saturated heterocycles. The lowest BCUT2D eigenvalue weighted by molar-refractivity contribution is 0.174. The quantitative estimate of drug-likeness (QED) is 0.671. The van der Waals surface area contributed by atoms with Gasteiger partial charge in [-0.05, 0) is 29.5 Å². The molecule has 2 heteroatoms. The van der Waals surface area contributed by atoms with Crippen molar-refractivity contribution in [2.24, 2.45) is 5.92 Å². The van der Waals surface area contributed by atoms with E-state index in [-0.39, 0.29) is 17.9 Å². The van der Waals surface area contributed by atoms with Gasteiger partial charge in [0.05, 0.1) is 6.61 Å². The van der Waals surface area contributed by atoms with E-state index < -0.39 is 0 Å². The molecule has 0 aromatic heterocycles. The number of benzene rings is 1. The van der Waals surface area contributed by atoms with Crippen molar-refractivity contribution in [2.75, 3.05) is 13.2 Å².